The molecule has 2 N–H and O–H groups in total. The summed E-state index contributed by atoms with van der Waals surface area (Å²) in [6.07, 6.45) is 5.26. The molecular weight excluding hydrogens is 267 g/mol. The fraction of sp³-hybridized carbons (Fsp3) is 0.375. The third-order valence-electron chi connectivity index (χ3n) is 3.04. The van der Waals surface area contributed by atoms with Crippen molar-refractivity contribution in [3.8, 4) is 0 Å². The number of nitrogens with one attached hydrogen (secondary N) is 2. The van der Waals surface area contributed by atoms with E-state index in [2.05, 4.69) is 34.4 Å². The largest absolute Gasteiger partial charge is 0.369 e. The van der Waals surface area contributed by atoms with Crippen LogP contribution in [-0.2, 0) is 6.42 Å². The molecule has 0 bridgehead atoms. The highest BCUT2D eigenvalue weighted by Crippen LogP contribution is 2.11. The average Bonchev–Trinajstić information content (AvgIpc) is 2.48. The van der Waals surface area contributed by atoms with Crippen LogP contribution in [0.2, 0.25) is 0 Å². The molecule has 5 heteroatoms. The van der Waals surface area contributed by atoms with Crippen LogP contribution in [0.3, 0.4) is 0 Å². The van der Waals surface area contributed by atoms with E-state index in [9.17, 15) is 4.39 Å². The number of hydrogen-bond donors (Lipinski definition) is 2. The Hall–Kier alpha value is -2.17. The molecule has 1 aromatic heterocycles. The summed E-state index contributed by atoms with van der Waals surface area (Å²) in [5.41, 5.74) is 1.09. The van der Waals surface area contributed by atoms with Gasteiger partial charge < -0.3 is 10.6 Å². The maximum absolute atomic E-state index is 12.9. The molecule has 0 aliphatic rings. The van der Waals surface area contributed by atoms with Crippen molar-refractivity contribution in [1.82, 2.24) is 9.97 Å². The first kappa shape index (κ1) is 15.2. The zero-order valence-corrected chi connectivity index (χ0v) is 12.4. The second-order valence-electron chi connectivity index (χ2n) is 5.09. The zero-order chi connectivity index (χ0) is 15.1. The van der Waals surface area contributed by atoms with Crippen LogP contribution in [0.25, 0.3) is 0 Å². The Bertz CT molecular complexity index is 556. The van der Waals surface area contributed by atoms with Gasteiger partial charge in [0.2, 0.25) is 0 Å². The third kappa shape index (κ3) is 5.02. The molecule has 1 aromatic carbocycles. The van der Waals surface area contributed by atoms with Crippen molar-refractivity contribution in [1.29, 1.82) is 0 Å². The van der Waals surface area contributed by atoms with Gasteiger partial charge in [0.05, 0.1) is 12.4 Å². The molecule has 0 aliphatic carbocycles. The van der Waals surface area contributed by atoms with E-state index >= 15 is 0 Å². The average molecular weight is 288 g/mol. The van der Waals surface area contributed by atoms with Crippen molar-refractivity contribution < 1.29 is 4.39 Å². The van der Waals surface area contributed by atoms with E-state index in [1.165, 1.54) is 12.1 Å². The summed E-state index contributed by atoms with van der Waals surface area (Å²) < 4.78 is 12.9. The molecule has 0 saturated heterocycles. The third-order valence-corrected chi connectivity index (χ3v) is 3.04. The van der Waals surface area contributed by atoms with Gasteiger partial charge in [-0.2, -0.15) is 0 Å². The molecule has 1 atom stereocenters. The Morgan fingerprint density at radius 3 is 2.57 bits per heavy atom. The monoisotopic (exact) mass is 288 g/mol. The summed E-state index contributed by atoms with van der Waals surface area (Å²) in [6, 6.07) is 6.76. The predicted octanol–water partition coefficient (Wildman–Crippen LogP) is 3.48. The molecule has 2 rings (SSSR count). The molecule has 0 aliphatic heterocycles. The fourth-order valence-corrected chi connectivity index (χ4v) is 2.05. The van der Waals surface area contributed by atoms with Crippen LogP contribution >= 0.6 is 0 Å². The van der Waals surface area contributed by atoms with Crippen molar-refractivity contribution in [2.24, 2.45) is 0 Å². The zero-order valence-electron chi connectivity index (χ0n) is 12.4. The van der Waals surface area contributed by atoms with Gasteiger partial charge in [-0.3, -0.25) is 4.98 Å². The molecule has 0 amide bonds. The molecule has 21 heavy (non-hydrogen) atoms. The molecule has 1 heterocycles. The lowest BCUT2D eigenvalue weighted by atomic mass is 10.1. The van der Waals surface area contributed by atoms with E-state index in [1.807, 2.05) is 0 Å². The second-order valence-corrected chi connectivity index (χ2v) is 5.09. The Balaban J connectivity index is 1.92. The number of anilines is 2. The summed E-state index contributed by atoms with van der Waals surface area (Å²) in [5.74, 6) is 1.31. The van der Waals surface area contributed by atoms with Crippen LogP contribution in [0.1, 0.15) is 25.8 Å². The van der Waals surface area contributed by atoms with Crippen LogP contribution in [0.4, 0.5) is 16.0 Å². The van der Waals surface area contributed by atoms with E-state index in [0.29, 0.717) is 0 Å². The Morgan fingerprint density at radius 2 is 1.86 bits per heavy atom. The number of benzene rings is 1. The number of aromatic nitrogens is 2. The number of rotatable bonds is 7. The number of hydrogen-bond acceptors (Lipinski definition) is 4. The van der Waals surface area contributed by atoms with Gasteiger partial charge in [0.15, 0.2) is 0 Å². The summed E-state index contributed by atoms with van der Waals surface area (Å²) in [7, 11) is 0. The maximum atomic E-state index is 12.9. The Morgan fingerprint density at radius 1 is 1.14 bits per heavy atom. The van der Waals surface area contributed by atoms with Crippen LogP contribution in [0.5, 0.6) is 0 Å². The number of halogens is 1. The first-order valence-corrected chi connectivity index (χ1v) is 7.24. The lowest BCUT2D eigenvalue weighted by molar-refractivity contribution is 0.626. The molecule has 0 fully saturated rings. The summed E-state index contributed by atoms with van der Waals surface area (Å²) >= 11 is 0. The quantitative estimate of drug-likeness (QED) is 0.819. The Labute approximate surface area is 124 Å². The molecule has 1 unspecified atom stereocenters. The van der Waals surface area contributed by atoms with Crippen LogP contribution in [0, 0.1) is 5.82 Å². The normalized spacial score (nSPS) is 12.0. The van der Waals surface area contributed by atoms with E-state index in [1.54, 1.807) is 24.5 Å². The van der Waals surface area contributed by atoms with Gasteiger partial charge >= 0.3 is 0 Å². The van der Waals surface area contributed by atoms with Crippen LogP contribution < -0.4 is 10.6 Å². The molecule has 0 spiro atoms. The molecular formula is C16H21FN4. The van der Waals surface area contributed by atoms with Crippen molar-refractivity contribution in [3.05, 3.63) is 48.0 Å². The highest BCUT2D eigenvalue weighted by atomic mass is 19.1. The SMILES string of the molecule is CCCNc1cncc(NC(C)Cc2ccc(F)cc2)n1. The van der Waals surface area contributed by atoms with Gasteiger partial charge in [0.1, 0.15) is 17.5 Å². The highest BCUT2D eigenvalue weighted by Gasteiger charge is 2.06. The van der Waals surface area contributed by atoms with Crippen LogP contribution in [0.15, 0.2) is 36.7 Å². The summed E-state index contributed by atoms with van der Waals surface area (Å²) in [5, 5.41) is 6.52. The van der Waals surface area contributed by atoms with Gasteiger partial charge in [-0.05, 0) is 37.5 Å². The van der Waals surface area contributed by atoms with E-state index in [4.69, 9.17) is 0 Å². The standard InChI is InChI=1S/C16H21FN4/c1-3-8-19-15-10-18-11-16(21-15)20-12(2)9-13-4-6-14(17)7-5-13/h4-7,10-12H,3,8-9H2,1-2H3,(H2,19,20,21). The first-order valence-electron chi connectivity index (χ1n) is 7.24. The van der Waals surface area contributed by atoms with Crippen molar-refractivity contribution in [2.75, 3.05) is 17.2 Å². The minimum Gasteiger partial charge on any atom is -0.369 e. The van der Waals surface area contributed by atoms with E-state index in [0.717, 1.165) is 36.6 Å². The molecule has 2 aromatic rings. The fourth-order valence-electron chi connectivity index (χ4n) is 2.05. The van der Waals surface area contributed by atoms with Crippen molar-refractivity contribution >= 4 is 11.6 Å². The van der Waals surface area contributed by atoms with Gasteiger partial charge in [-0.1, -0.05) is 19.1 Å². The minimum atomic E-state index is -0.208. The maximum Gasteiger partial charge on any atom is 0.147 e. The van der Waals surface area contributed by atoms with E-state index < -0.39 is 0 Å². The second kappa shape index (κ2) is 7.57. The topological polar surface area (TPSA) is 49.8 Å². The minimum absolute atomic E-state index is 0.186. The molecule has 4 nitrogen and oxygen atoms in total. The predicted molar refractivity (Wildman–Crippen MR) is 84.0 cm³/mol. The van der Waals surface area contributed by atoms with Gasteiger partial charge in [-0.15, -0.1) is 0 Å². The van der Waals surface area contributed by atoms with Gasteiger partial charge in [0.25, 0.3) is 0 Å². The van der Waals surface area contributed by atoms with Gasteiger partial charge in [-0.25, -0.2) is 9.37 Å². The summed E-state index contributed by atoms with van der Waals surface area (Å²) in [4.78, 5) is 8.63. The van der Waals surface area contributed by atoms with Gasteiger partial charge in [0, 0.05) is 12.6 Å². The summed E-state index contributed by atoms with van der Waals surface area (Å²) in [6.45, 7) is 5.05. The lowest BCUT2D eigenvalue weighted by Crippen LogP contribution is -2.19. The van der Waals surface area contributed by atoms with Crippen LogP contribution in [-0.4, -0.2) is 22.6 Å². The number of nitrogens with zero attached hydrogens (tertiary/aromatic N) is 2. The first-order chi connectivity index (χ1) is 10.2. The smallest absolute Gasteiger partial charge is 0.147 e. The highest BCUT2D eigenvalue weighted by molar-refractivity contribution is 5.42. The van der Waals surface area contributed by atoms with E-state index in [-0.39, 0.29) is 11.9 Å². The van der Waals surface area contributed by atoms with Crippen molar-refractivity contribution in [2.45, 2.75) is 32.7 Å². The molecule has 0 radical (unpaired) electrons. The molecule has 112 valence electrons. The lowest BCUT2D eigenvalue weighted by Gasteiger charge is -2.15. The Kier molecular flexibility index (Phi) is 5.49. The molecule has 0 saturated carbocycles. The van der Waals surface area contributed by atoms with Crippen molar-refractivity contribution in [3.63, 3.8) is 0 Å².